The molecule has 86 valence electrons. The van der Waals surface area contributed by atoms with Crippen LogP contribution in [0.2, 0.25) is 5.02 Å². The van der Waals surface area contributed by atoms with E-state index in [0.717, 1.165) is 31.9 Å². The zero-order valence-corrected chi connectivity index (χ0v) is 9.67. The molecule has 16 heavy (non-hydrogen) atoms. The lowest BCUT2D eigenvalue weighted by Crippen LogP contribution is -2.25. The number of nitrogens with zero attached hydrogens (tertiary/aromatic N) is 1. The SMILES string of the molecule is Fc1ccc(Cl)c(N2CC3CNCC3C2)c1. The fourth-order valence-electron chi connectivity index (χ4n) is 2.78. The molecule has 4 heteroatoms. The summed E-state index contributed by atoms with van der Waals surface area (Å²) in [5.41, 5.74) is 0.844. The quantitative estimate of drug-likeness (QED) is 0.809. The van der Waals surface area contributed by atoms with Crippen molar-refractivity contribution in [1.82, 2.24) is 5.32 Å². The lowest BCUT2D eigenvalue weighted by Gasteiger charge is -2.21. The molecule has 1 aromatic carbocycles. The first-order chi connectivity index (χ1) is 7.74. The molecule has 0 spiro atoms. The Balaban J connectivity index is 1.85. The van der Waals surface area contributed by atoms with Crippen LogP contribution in [0.5, 0.6) is 0 Å². The van der Waals surface area contributed by atoms with Gasteiger partial charge < -0.3 is 10.2 Å². The van der Waals surface area contributed by atoms with Crippen LogP contribution in [0, 0.1) is 17.7 Å². The molecule has 0 amide bonds. The Labute approximate surface area is 99.4 Å². The van der Waals surface area contributed by atoms with Gasteiger partial charge >= 0.3 is 0 Å². The van der Waals surface area contributed by atoms with Crippen LogP contribution in [0.4, 0.5) is 10.1 Å². The fourth-order valence-corrected chi connectivity index (χ4v) is 3.02. The van der Waals surface area contributed by atoms with Crippen LogP contribution < -0.4 is 10.2 Å². The molecule has 2 heterocycles. The van der Waals surface area contributed by atoms with Crippen molar-refractivity contribution in [3.63, 3.8) is 0 Å². The predicted octanol–water partition coefficient (Wildman–Crippen LogP) is 2.13. The van der Waals surface area contributed by atoms with E-state index >= 15 is 0 Å². The number of halogens is 2. The predicted molar refractivity (Wildman–Crippen MR) is 63.5 cm³/mol. The Hall–Kier alpha value is -0.800. The third kappa shape index (κ3) is 1.68. The monoisotopic (exact) mass is 240 g/mol. The number of benzene rings is 1. The highest BCUT2D eigenvalue weighted by molar-refractivity contribution is 6.33. The second kappa shape index (κ2) is 3.90. The van der Waals surface area contributed by atoms with Crippen molar-refractivity contribution >= 4 is 17.3 Å². The van der Waals surface area contributed by atoms with Gasteiger partial charge in [-0.2, -0.15) is 0 Å². The molecule has 3 rings (SSSR count). The molecule has 2 saturated heterocycles. The fraction of sp³-hybridized carbons (Fsp3) is 0.500. The van der Waals surface area contributed by atoms with Crippen molar-refractivity contribution in [2.75, 3.05) is 31.1 Å². The highest BCUT2D eigenvalue weighted by Gasteiger charge is 2.36. The van der Waals surface area contributed by atoms with E-state index in [1.165, 1.54) is 12.1 Å². The van der Waals surface area contributed by atoms with E-state index < -0.39 is 0 Å². The molecule has 2 nitrogen and oxygen atoms in total. The Morgan fingerprint density at radius 3 is 2.62 bits per heavy atom. The zero-order chi connectivity index (χ0) is 11.1. The third-order valence-corrected chi connectivity index (χ3v) is 3.96. The van der Waals surface area contributed by atoms with Gasteiger partial charge in [0.15, 0.2) is 0 Å². The van der Waals surface area contributed by atoms with Crippen LogP contribution >= 0.6 is 11.6 Å². The van der Waals surface area contributed by atoms with Crippen LogP contribution in [0.1, 0.15) is 0 Å². The summed E-state index contributed by atoms with van der Waals surface area (Å²) in [5.74, 6) is 1.17. The molecule has 2 fully saturated rings. The summed E-state index contributed by atoms with van der Waals surface area (Å²) in [7, 11) is 0. The van der Waals surface area contributed by atoms with Gasteiger partial charge in [0.1, 0.15) is 5.82 Å². The molecule has 2 unspecified atom stereocenters. The van der Waals surface area contributed by atoms with Gasteiger partial charge in [-0.05, 0) is 30.0 Å². The smallest absolute Gasteiger partial charge is 0.125 e. The molecule has 0 radical (unpaired) electrons. The number of hydrogen-bond donors (Lipinski definition) is 1. The van der Waals surface area contributed by atoms with Crippen molar-refractivity contribution < 1.29 is 4.39 Å². The van der Waals surface area contributed by atoms with Gasteiger partial charge in [-0.15, -0.1) is 0 Å². The van der Waals surface area contributed by atoms with Gasteiger partial charge in [0.05, 0.1) is 10.7 Å². The van der Waals surface area contributed by atoms with Crippen LogP contribution in [-0.4, -0.2) is 26.2 Å². The van der Waals surface area contributed by atoms with Gasteiger partial charge in [-0.25, -0.2) is 4.39 Å². The molecule has 2 aliphatic rings. The Morgan fingerprint density at radius 1 is 1.25 bits per heavy atom. The summed E-state index contributed by atoms with van der Waals surface area (Å²) < 4.78 is 13.2. The largest absolute Gasteiger partial charge is 0.370 e. The van der Waals surface area contributed by atoms with Gasteiger partial charge in [0.2, 0.25) is 0 Å². The standard InChI is InChI=1S/C12H14ClFN2/c13-11-2-1-10(14)3-12(11)16-6-8-4-15-5-9(8)7-16/h1-3,8-9,15H,4-7H2. The first kappa shape index (κ1) is 10.4. The topological polar surface area (TPSA) is 15.3 Å². The lowest BCUT2D eigenvalue weighted by molar-refractivity contribution is 0.533. The third-order valence-electron chi connectivity index (χ3n) is 3.64. The maximum absolute atomic E-state index is 13.2. The summed E-state index contributed by atoms with van der Waals surface area (Å²) in [4.78, 5) is 2.21. The van der Waals surface area contributed by atoms with Crippen LogP contribution in [0.15, 0.2) is 18.2 Å². The van der Waals surface area contributed by atoms with E-state index in [1.807, 2.05) is 0 Å². The molecular formula is C12H14ClFN2. The van der Waals surface area contributed by atoms with Crippen molar-refractivity contribution in [3.05, 3.63) is 29.0 Å². The van der Waals surface area contributed by atoms with E-state index in [9.17, 15) is 4.39 Å². The summed E-state index contributed by atoms with van der Waals surface area (Å²) in [6.07, 6.45) is 0. The van der Waals surface area contributed by atoms with Crippen molar-refractivity contribution in [3.8, 4) is 0 Å². The van der Waals surface area contributed by atoms with Crippen molar-refractivity contribution in [1.29, 1.82) is 0 Å². The number of hydrogen-bond acceptors (Lipinski definition) is 2. The van der Waals surface area contributed by atoms with Gasteiger partial charge in [0.25, 0.3) is 0 Å². The number of nitrogens with one attached hydrogen (secondary N) is 1. The zero-order valence-electron chi connectivity index (χ0n) is 8.92. The first-order valence-corrected chi connectivity index (χ1v) is 6.02. The van der Waals surface area contributed by atoms with Gasteiger partial charge in [0, 0.05) is 26.2 Å². The Kier molecular flexibility index (Phi) is 2.52. The van der Waals surface area contributed by atoms with E-state index in [4.69, 9.17) is 11.6 Å². The first-order valence-electron chi connectivity index (χ1n) is 5.65. The molecule has 0 saturated carbocycles. The molecule has 2 aliphatic heterocycles. The second-order valence-electron chi connectivity index (χ2n) is 4.68. The minimum atomic E-state index is -0.213. The minimum absolute atomic E-state index is 0.213. The molecular weight excluding hydrogens is 227 g/mol. The molecule has 1 aromatic rings. The Morgan fingerprint density at radius 2 is 1.94 bits per heavy atom. The van der Waals surface area contributed by atoms with Crippen molar-refractivity contribution in [2.45, 2.75) is 0 Å². The average Bonchev–Trinajstić information content (AvgIpc) is 2.81. The minimum Gasteiger partial charge on any atom is -0.370 e. The second-order valence-corrected chi connectivity index (χ2v) is 5.09. The maximum atomic E-state index is 13.2. The normalized spacial score (nSPS) is 28.5. The number of rotatable bonds is 1. The average molecular weight is 241 g/mol. The number of anilines is 1. The van der Waals surface area contributed by atoms with Gasteiger partial charge in [-0.1, -0.05) is 11.6 Å². The Bertz CT molecular complexity index is 398. The van der Waals surface area contributed by atoms with Crippen LogP contribution in [0.25, 0.3) is 0 Å². The summed E-state index contributed by atoms with van der Waals surface area (Å²) in [6, 6.07) is 4.58. The van der Waals surface area contributed by atoms with Crippen LogP contribution in [-0.2, 0) is 0 Å². The van der Waals surface area contributed by atoms with Crippen LogP contribution in [0.3, 0.4) is 0 Å². The molecule has 0 bridgehead atoms. The summed E-state index contributed by atoms with van der Waals surface area (Å²) >= 11 is 6.11. The van der Waals surface area contributed by atoms with Crippen molar-refractivity contribution in [2.24, 2.45) is 11.8 Å². The molecule has 0 aromatic heterocycles. The highest BCUT2D eigenvalue weighted by Crippen LogP contribution is 2.34. The van der Waals surface area contributed by atoms with Gasteiger partial charge in [-0.3, -0.25) is 0 Å². The van der Waals surface area contributed by atoms with E-state index in [2.05, 4.69) is 10.2 Å². The van der Waals surface area contributed by atoms with E-state index in [0.29, 0.717) is 16.9 Å². The van der Waals surface area contributed by atoms with E-state index in [-0.39, 0.29) is 5.82 Å². The van der Waals surface area contributed by atoms with E-state index in [1.54, 1.807) is 6.07 Å². The molecule has 2 atom stereocenters. The summed E-state index contributed by atoms with van der Waals surface area (Å²) in [6.45, 7) is 4.13. The molecule has 1 N–H and O–H groups in total. The number of fused-ring (bicyclic) bond motifs is 1. The maximum Gasteiger partial charge on any atom is 0.125 e. The molecule has 0 aliphatic carbocycles. The highest BCUT2D eigenvalue weighted by atomic mass is 35.5. The summed E-state index contributed by atoms with van der Waals surface area (Å²) in [5, 5.41) is 4.04. The lowest BCUT2D eigenvalue weighted by atomic mass is 10.0.